The topological polar surface area (TPSA) is 55.1 Å². The summed E-state index contributed by atoms with van der Waals surface area (Å²) in [5.41, 5.74) is 7.88. The molecule has 1 aromatic carbocycles. The second-order valence-electron chi connectivity index (χ2n) is 4.59. The molecule has 0 aliphatic heterocycles. The quantitative estimate of drug-likeness (QED) is 0.774. The number of nitrogens with two attached hydrogens (primary N) is 1. The van der Waals surface area contributed by atoms with Gasteiger partial charge < -0.3 is 11.1 Å². The van der Waals surface area contributed by atoms with Gasteiger partial charge in [0.1, 0.15) is 0 Å². The third kappa shape index (κ3) is 2.72. The van der Waals surface area contributed by atoms with E-state index < -0.39 is 0 Å². The van der Waals surface area contributed by atoms with Crippen molar-refractivity contribution in [1.29, 1.82) is 0 Å². The summed E-state index contributed by atoms with van der Waals surface area (Å²) in [7, 11) is 0. The molecule has 0 aromatic heterocycles. The molecule has 1 amide bonds. The van der Waals surface area contributed by atoms with Gasteiger partial charge in [-0.3, -0.25) is 4.79 Å². The summed E-state index contributed by atoms with van der Waals surface area (Å²) >= 11 is 0. The highest BCUT2D eigenvalue weighted by Gasteiger charge is 2.21. The van der Waals surface area contributed by atoms with E-state index in [9.17, 15) is 4.79 Å². The van der Waals surface area contributed by atoms with Crippen molar-refractivity contribution in [3.8, 4) is 11.8 Å². The highest BCUT2D eigenvalue weighted by molar-refractivity contribution is 5.96. The van der Waals surface area contributed by atoms with Gasteiger partial charge in [-0.15, -0.1) is 0 Å². The molecule has 3 nitrogen and oxygen atoms in total. The molecule has 1 aliphatic carbocycles. The maximum atomic E-state index is 12.1. The number of carbonyl (C=O) groups excluding carboxylic acids is 1. The standard InChI is InChI=1S/C15H18N2O/c1-11-12(6-4-10-16)5-2-9-14(11)15(18)17-13-7-3-8-13/h2,5,9,13H,3,7-8,10,16H2,1H3,(H,17,18). The SMILES string of the molecule is Cc1c(C#CCN)cccc1C(=O)NC1CCC1. The summed E-state index contributed by atoms with van der Waals surface area (Å²) < 4.78 is 0. The molecular formula is C15H18N2O. The second-order valence-corrected chi connectivity index (χ2v) is 4.59. The van der Waals surface area contributed by atoms with Crippen LogP contribution in [0.15, 0.2) is 18.2 Å². The summed E-state index contributed by atoms with van der Waals surface area (Å²) in [6.07, 6.45) is 3.40. The smallest absolute Gasteiger partial charge is 0.251 e. The van der Waals surface area contributed by atoms with Crippen LogP contribution < -0.4 is 11.1 Å². The molecule has 0 heterocycles. The minimum Gasteiger partial charge on any atom is -0.349 e. The van der Waals surface area contributed by atoms with Gasteiger partial charge in [0.05, 0.1) is 6.54 Å². The zero-order chi connectivity index (χ0) is 13.0. The Morgan fingerprint density at radius 2 is 2.28 bits per heavy atom. The van der Waals surface area contributed by atoms with Crippen LogP contribution in [0.5, 0.6) is 0 Å². The molecule has 3 N–H and O–H groups in total. The number of amides is 1. The monoisotopic (exact) mass is 242 g/mol. The van der Waals surface area contributed by atoms with Crippen molar-refractivity contribution in [2.45, 2.75) is 32.2 Å². The molecule has 0 spiro atoms. The lowest BCUT2D eigenvalue weighted by atomic mass is 9.92. The van der Waals surface area contributed by atoms with E-state index >= 15 is 0 Å². The molecule has 3 heteroatoms. The number of hydrogen-bond donors (Lipinski definition) is 2. The first kappa shape index (κ1) is 12.7. The van der Waals surface area contributed by atoms with E-state index in [0.717, 1.165) is 24.0 Å². The Bertz CT molecular complexity index is 507. The van der Waals surface area contributed by atoms with Gasteiger partial charge in [0.2, 0.25) is 0 Å². The van der Waals surface area contributed by atoms with Gasteiger partial charge in [-0.1, -0.05) is 17.9 Å². The van der Waals surface area contributed by atoms with Crippen LogP contribution in [0.2, 0.25) is 0 Å². The first-order valence-electron chi connectivity index (χ1n) is 6.32. The maximum absolute atomic E-state index is 12.1. The third-order valence-electron chi connectivity index (χ3n) is 3.34. The fraction of sp³-hybridized carbons (Fsp3) is 0.400. The molecule has 0 atom stereocenters. The number of carbonyl (C=O) groups is 1. The second kappa shape index (κ2) is 5.70. The molecule has 1 fully saturated rings. The number of rotatable bonds is 2. The number of hydrogen-bond acceptors (Lipinski definition) is 2. The van der Waals surface area contributed by atoms with Gasteiger partial charge in [0.15, 0.2) is 0 Å². The molecule has 0 radical (unpaired) electrons. The fourth-order valence-electron chi connectivity index (χ4n) is 1.98. The van der Waals surface area contributed by atoms with Crippen molar-refractivity contribution < 1.29 is 4.79 Å². The van der Waals surface area contributed by atoms with Crippen LogP contribution in [0.25, 0.3) is 0 Å². The summed E-state index contributed by atoms with van der Waals surface area (Å²) in [6.45, 7) is 2.26. The van der Waals surface area contributed by atoms with E-state index in [1.807, 2.05) is 25.1 Å². The minimum atomic E-state index is 0.00796. The fourth-order valence-corrected chi connectivity index (χ4v) is 1.98. The Labute approximate surface area is 108 Å². The summed E-state index contributed by atoms with van der Waals surface area (Å²) in [4.78, 5) is 12.1. The highest BCUT2D eigenvalue weighted by Crippen LogP contribution is 2.19. The predicted molar refractivity (Wildman–Crippen MR) is 72.2 cm³/mol. The largest absolute Gasteiger partial charge is 0.349 e. The molecular weight excluding hydrogens is 224 g/mol. The van der Waals surface area contributed by atoms with Crippen molar-refractivity contribution in [3.05, 3.63) is 34.9 Å². The van der Waals surface area contributed by atoms with Crippen LogP contribution in [0.4, 0.5) is 0 Å². The van der Waals surface area contributed by atoms with Crippen LogP contribution in [0.3, 0.4) is 0 Å². The van der Waals surface area contributed by atoms with Crippen molar-refractivity contribution >= 4 is 5.91 Å². The molecule has 0 saturated heterocycles. The lowest BCUT2D eigenvalue weighted by molar-refractivity contribution is 0.0916. The van der Waals surface area contributed by atoms with E-state index in [4.69, 9.17) is 5.73 Å². The van der Waals surface area contributed by atoms with E-state index in [0.29, 0.717) is 18.2 Å². The van der Waals surface area contributed by atoms with Crippen LogP contribution in [0, 0.1) is 18.8 Å². The van der Waals surface area contributed by atoms with Gasteiger partial charge >= 0.3 is 0 Å². The summed E-state index contributed by atoms with van der Waals surface area (Å²) in [5.74, 6) is 5.82. The maximum Gasteiger partial charge on any atom is 0.251 e. The summed E-state index contributed by atoms with van der Waals surface area (Å²) in [5, 5.41) is 3.04. The lowest BCUT2D eigenvalue weighted by Crippen LogP contribution is -2.39. The van der Waals surface area contributed by atoms with Crippen LogP contribution in [0.1, 0.15) is 40.7 Å². The Morgan fingerprint density at radius 3 is 2.89 bits per heavy atom. The predicted octanol–water partition coefficient (Wildman–Crippen LogP) is 1.59. The van der Waals surface area contributed by atoms with E-state index in [1.54, 1.807) is 0 Å². The lowest BCUT2D eigenvalue weighted by Gasteiger charge is -2.26. The molecule has 18 heavy (non-hydrogen) atoms. The zero-order valence-electron chi connectivity index (χ0n) is 10.6. The Balaban J connectivity index is 2.18. The van der Waals surface area contributed by atoms with Crippen LogP contribution in [-0.4, -0.2) is 18.5 Å². The Hall–Kier alpha value is -1.79. The number of nitrogens with one attached hydrogen (secondary N) is 1. The number of benzene rings is 1. The summed E-state index contributed by atoms with van der Waals surface area (Å²) in [6, 6.07) is 5.98. The average molecular weight is 242 g/mol. The Morgan fingerprint density at radius 1 is 1.50 bits per heavy atom. The molecule has 94 valence electrons. The Kier molecular flexibility index (Phi) is 4.01. The average Bonchev–Trinajstić information content (AvgIpc) is 2.32. The van der Waals surface area contributed by atoms with Crippen LogP contribution in [-0.2, 0) is 0 Å². The van der Waals surface area contributed by atoms with Gasteiger partial charge in [-0.05, 0) is 43.9 Å². The van der Waals surface area contributed by atoms with E-state index in [1.165, 1.54) is 6.42 Å². The van der Waals surface area contributed by atoms with E-state index in [2.05, 4.69) is 17.2 Å². The van der Waals surface area contributed by atoms with Gasteiger partial charge in [0.25, 0.3) is 5.91 Å². The van der Waals surface area contributed by atoms with Crippen molar-refractivity contribution in [2.24, 2.45) is 5.73 Å². The van der Waals surface area contributed by atoms with Crippen molar-refractivity contribution in [1.82, 2.24) is 5.32 Å². The van der Waals surface area contributed by atoms with Crippen molar-refractivity contribution in [2.75, 3.05) is 6.54 Å². The normalized spacial score (nSPS) is 14.3. The molecule has 1 aromatic rings. The van der Waals surface area contributed by atoms with Crippen LogP contribution >= 0.6 is 0 Å². The molecule has 2 rings (SSSR count). The first-order valence-corrected chi connectivity index (χ1v) is 6.32. The third-order valence-corrected chi connectivity index (χ3v) is 3.34. The van der Waals surface area contributed by atoms with Crippen molar-refractivity contribution in [3.63, 3.8) is 0 Å². The zero-order valence-corrected chi connectivity index (χ0v) is 10.6. The van der Waals surface area contributed by atoms with Gasteiger partial charge in [-0.25, -0.2) is 0 Å². The molecule has 0 unspecified atom stereocenters. The van der Waals surface area contributed by atoms with E-state index in [-0.39, 0.29) is 5.91 Å². The molecule has 0 bridgehead atoms. The first-order chi connectivity index (χ1) is 8.72. The minimum absolute atomic E-state index is 0.00796. The van der Waals surface area contributed by atoms with Gasteiger partial charge in [-0.2, -0.15) is 0 Å². The molecule has 1 saturated carbocycles. The van der Waals surface area contributed by atoms with Gasteiger partial charge in [0, 0.05) is 17.2 Å². The molecule has 1 aliphatic rings. The highest BCUT2D eigenvalue weighted by atomic mass is 16.1.